The van der Waals surface area contributed by atoms with E-state index in [2.05, 4.69) is 16.5 Å². The molecule has 11 heteroatoms. The first kappa shape index (κ1) is 36.4. The number of nitrogens with zero attached hydrogens (tertiary/aromatic N) is 3. The van der Waals surface area contributed by atoms with E-state index >= 15 is 0 Å². The summed E-state index contributed by atoms with van der Waals surface area (Å²) < 4.78 is 23.1. The second-order valence-electron chi connectivity index (χ2n) is 14.1. The Morgan fingerprint density at radius 1 is 1.19 bits per heavy atom. The van der Waals surface area contributed by atoms with Crippen LogP contribution < -0.4 is 9.47 Å². The summed E-state index contributed by atoms with van der Waals surface area (Å²) in [6.45, 7) is 13.6. The minimum Gasteiger partial charge on any atom is -0.497 e. The van der Waals surface area contributed by atoms with E-state index in [9.17, 15) is 14.4 Å². The molecular formula is C36H50ClN3O7. The largest absolute Gasteiger partial charge is 0.497 e. The van der Waals surface area contributed by atoms with Crippen molar-refractivity contribution in [2.45, 2.75) is 104 Å². The van der Waals surface area contributed by atoms with Crippen molar-refractivity contribution in [3.63, 3.8) is 0 Å². The average molecular weight is 672 g/mol. The lowest BCUT2D eigenvalue weighted by Crippen LogP contribution is -2.49. The molecule has 47 heavy (non-hydrogen) atoms. The van der Waals surface area contributed by atoms with Gasteiger partial charge in [-0.1, -0.05) is 45.4 Å². The molecule has 2 aromatic rings. The van der Waals surface area contributed by atoms with Crippen LogP contribution in [0.5, 0.6) is 11.6 Å². The van der Waals surface area contributed by atoms with Crippen LogP contribution in [0.1, 0.15) is 86.0 Å². The molecule has 1 saturated carbocycles. The number of carbonyl (C=O) groups is 3. The van der Waals surface area contributed by atoms with Gasteiger partial charge < -0.3 is 23.8 Å². The highest BCUT2D eigenvalue weighted by atomic mass is 35.5. The minimum absolute atomic E-state index is 0.0652. The van der Waals surface area contributed by atoms with E-state index in [-0.39, 0.29) is 35.8 Å². The zero-order valence-corrected chi connectivity index (χ0v) is 29.6. The molecule has 1 saturated heterocycles. The molecule has 1 aromatic carbocycles. The molecule has 10 nitrogen and oxygen atoms in total. The number of unbranched alkanes of at least 4 members (excludes halogenated alkanes) is 1. The van der Waals surface area contributed by atoms with E-state index in [1.165, 1.54) is 12.0 Å². The van der Waals surface area contributed by atoms with Crippen molar-refractivity contribution in [1.82, 2.24) is 14.9 Å². The van der Waals surface area contributed by atoms with Gasteiger partial charge in [0.25, 0.3) is 5.88 Å². The highest BCUT2D eigenvalue weighted by molar-refractivity contribution is 6.31. The molecular weight excluding hydrogens is 622 g/mol. The molecule has 1 aromatic heterocycles. The van der Waals surface area contributed by atoms with Crippen LogP contribution in [0.3, 0.4) is 0 Å². The van der Waals surface area contributed by atoms with Crippen molar-refractivity contribution in [3.05, 3.63) is 36.0 Å². The lowest BCUT2D eigenvalue weighted by atomic mass is 9.77. The number of ether oxygens (including phenoxy) is 4. The van der Waals surface area contributed by atoms with Crippen LogP contribution in [0.2, 0.25) is 5.15 Å². The number of hydrogen-bond donors (Lipinski definition) is 0. The topological polar surface area (TPSA) is 117 Å². The zero-order chi connectivity index (χ0) is 34.5. The molecule has 4 rings (SSSR count). The van der Waals surface area contributed by atoms with Gasteiger partial charge in [-0.25, -0.2) is 14.8 Å². The number of halogens is 1. The molecule has 6 atom stereocenters. The van der Waals surface area contributed by atoms with Crippen LogP contribution in [0.15, 0.2) is 30.9 Å². The Labute approximate surface area is 283 Å². The molecule has 1 aliphatic heterocycles. The molecule has 2 aliphatic rings. The summed E-state index contributed by atoms with van der Waals surface area (Å²) in [4.78, 5) is 51.9. The van der Waals surface area contributed by atoms with E-state index < -0.39 is 46.9 Å². The van der Waals surface area contributed by atoms with Gasteiger partial charge in [0.1, 0.15) is 23.5 Å². The number of fused-ring (bicyclic) bond motifs is 1. The summed E-state index contributed by atoms with van der Waals surface area (Å²) in [5.41, 5.74) is -0.0795. The number of aromatic nitrogens is 2. The number of rotatable bonds is 13. The van der Waals surface area contributed by atoms with Gasteiger partial charge in [-0.15, -0.1) is 6.58 Å². The van der Waals surface area contributed by atoms with Gasteiger partial charge in [-0.3, -0.25) is 9.59 Å². The van der Waals surface area contributed by atoms with Gasteiger partial charge in [0.2, 0.25) is 5.91 Å². The molecule has 0 radical (unpaired) electrons. The molecule has 0 bridgehead atoms. The number of methoxy groups -OCH3 is 2. The van der Waals surface area contributed by atoms with Gasteiger partial charge in [-0.2, -0.15) is 0 Å². The minimum atomic E-state index is -0.919. The molecule has 2 fully saturated rings. The van der Waals surface area contributed by atoms with Gasteiger partial charge >= 0.3 is 11.9 Å². The Morgan fingerprint density at radius 3 is 2.57 bits per heavy atom. The van der Waals surface area contributed by atoms with Crippen molar-refractivity contribution in [1.29, 1.82) is 0 Å². The Balaban J connectivity index is 1.58. The first-order chi connectivity index (χ1) is 22.3. The van der Waals surface area contributed by atoms with Crippen LogP contribution in [0.4, 0.5) is 0 Å². The molecule has 258 valence electrons. The highest BCUT2D eigenvalue weighted by Gasteiger charge is 2.52. The number of carbonyl (C=O) groups excluding carboxylic acids is 3. The second-order valence-corrected chi connectivity index (χ2v) is 14.4. The third-order valence-electron chi connectivity index (χ3n) is 9.97. The van der Waals surface area contributed by atoms with Crippen LogP contribution >= 0.6 is 11.6 Å². The van der Waals surface area contributed by atoms with Crippen molar-refractivity contribution >= 4 is 40.5 Å². The molecule has 2 heterocycles. The predicted molar refractivity (Wildman–Crippen MR) is 180 cm³/mol. The zero-order valence-electron chi connectivity index (χ0n) is 28.8. The number of allylic oxidation sites excluding steroid dienone is 1. The third kappa shape index (κ3) is 8.19. The van der Waals surface area contributed by atoms with Crippen LogP contribution in [0.25, 0.3) is 11.0 Å². The molecule has 0 N–H and O–H groups in total. The average Bonchev–Trinajstić information content (AvgIpc) is 3.58. The van der Waals surface area contributed by atoms with Crippen LogP contribution in [-0.2, 0) is 23.9 Å². The molecule has 0 unspecified atom stereocenters. The van der Waals surface area contributed by atoms with Gasteiger partial charge in [0, 0.05) is 12.0 Å². The number of amides is 1. The Kier molecular flexibility index (Phi) is 11.8. The maximum Gasteiger partial charge on any atom is 0.329 e. The Hall–Kier alpha value is -3.40. The fourth-order valence-corrected chi connectivity index (χ4v) is 7.39. The van der Waals surface area contributed by atoms with Crippen molar-refractivity contribution in [2.75, 3.05) is 20.8 Å². The number of benzene rings is 1. The van der Waals surface area contributed by atoms with E-state index in [0.29, 0.717) is 23.2 Å². The van der Waals surface area contributed by atoms with Crippen LogP contribution in [0, 0.1) is 23.2 Å². The standard InChI is InChI=1S/C36H50ClN3O7/c1-9-11-12-14-22-15-13-18-36(22,6)47-29(41)20-25(35(3,4)5)33(42)40-21-28(24(10-2)30(40)34(43)45-8)46-32-31(37)38-26-17-16-23(44-7)19-27(26)39-32/h9,16-17,19,22,24-25,28,30H,1,10-15,18,20-21H2,2-8H3/t22-,24-,25-,28+,30+,36-/m1/s1. The van der Waals surface area contributed by atoms with Gasteiger partial charge in [0.15, 0.2) is 5.15 Å². The predicted octanol–water partition coefficient (Wildman–Crippen LogP) is 6.96. The van der Waals surface area contributed by atoms with E-state index in [0.717, 1.165) is 38.5 Å². The Bertz CT molecular complexity index is 1460. The lowest BCUT2D eigenvalue weighted by Gasteiger charge is -2.36. The summed E-state index contributed by atoms with van der Waals surface area (Å²) in [6, 6.07) is 4.33. The van der Waals surface area contributed by atoms with Crippen molar-refractivity contribution in [3.8, 4) is 11.6 Å². The van der Waals surface area contributed by atoms with Crippen molar-refractivity contribution < 1.29 is 33.3 Å². The quantitative estimate of drug-likeness (QED) is 0.127. The fourth-order valence-electron chi connectivity index (χ4n) is 7.21. The molecule has 1 amide bonds. The smallest absolute Gasteiger partial charge is 0.329 e. The molecule has 0 spiro atoms. The second kappa shape index (κ2) is 15.2. The summed E-state index contributed by atoms with van der Waals surface area (Å²) in [5.74, 6) is -1.48. The first-order valence-electron chi connectivity index (χ1n) is 16.6. The van der Waals surface area contributed by atoms with Crippen molar-refractivity contribution in [2.24, 2.45) is 23.2 Å². The summed E-state index contributed by atoms with van der Waals surface area (Å²) in [5, 5.41) is 0.0652. The fraction of sp³-hybridized carbons (Fsp3) is 0.639. The third-order valence-corrected chi connectivity index (χ3v) is 10.2. The summed E-state index contributed by atoms with van der Waals surface area (Å²) in [6.07, 6.45) is 7.38. The van der Waals surface area contributed by atoms with E-state index in [1.807, 2.05) is 40.7 Å². The normalized spacial score (nSPS) is 25.0. The SMILES string of the molecule is C=CCCC[C@@H]1CCC[C@@]1(C)OC(=O)C[C@H](C(=O)N1C[C@H](Oc2nc3cc(OC)ccc3nc2Cl)[C@@H](CC)[C@H]1C(=O)OC)C(C)(C)C. The monoisotopic (exact) mass is 671 g/mol. The Morgan fingerprint density at radius 2 is 1.94 bits per heavy atom. The van der Waals surface area contributed by atoms with E-state index in [1.54, 1.807) is 25.3 Å². The number of hydrogen-bond acceptors (Lipinski definition) is 9. The lowest BCUT2D eigenvalue weighted by molar-refractivity contribution is -0.167. The summed E-state index contributed by atoms with van der Waals surface area (Å²) in [7, 11) is 2.87. The summed E-state index contributed by atoms with van der Waals surface area (Å²) >= 11 is 6.51. The van der Waals surface area contributed by atoms with Gasteiger partial charge in [-0.05, 0) is 75.3 Å². The molecule has 1 aliphatic carbocycles. The number of likely N-dealkylation sites (tertiary alicyclic amines) is 1. The van der Waals surface area contributed by atoms with Crippen LogP contribution in [-0.4, -0.2) is 71.2 Å². The highest BCUT2D eigenvalue weighted by Crippen LogP contribution is 2.43. The maximum absolute atomic E-state index is 14.5. The van der Waals surface area contributed by atoms with Gasteiger partial charge in [0.05, 0.1) is 44.1 Å². The number of esters is 2. The first-order valence-corrected chi connectivity index (χ1v) is 17.0. The van der Waals surface area contributed by atoms with E-state index in [4.69, 9.17) is 30.5 Å². The maximum atomic E-state index is 14.5.